The van der Waals surface area contributed by atoms with Crippen LogP contribution < -0.4 is 21.7 Å². The summed E-state index contributed by atoms with van der Waals surface area (Å²) in [6.07, 6.45) is 8.28. The predicted octanol–water partition coefficient (Wildman–Crippen LogP) is -2.70. The van der Waals surface area contributed by atoms with Gasteiger partial charge in [0.2, 0.25) is 6.20 Å². The van der Waals surface area contributed by atoms with Crippen molar-refractivity contribution < 1.29 is 31.6 Å². The number of carbonyl (C=O) groups is 1. The number of hydrogen-bond acceptors (Lipinski definition) is 4. The topological polar surface area (TPSA) is 79.9 Å². The van der Waals surface area contributed by atoms with Gasteiger partial charge < -0.3 is 22.1 Å². The number of rotatable bonds is 4. The standard InChI is InChI=1S/C11H10N4O2.BrH/c16-11(17)2-6-15-8-9(1-3-14-15)10-7-12-4-5-13-10;/h1,3-5,7-8H,2,6H2;1H. The highest BCUT2D eigenvalue weighted by molar-refractivity contribution is 5.66. The van der Waals surface area contributed by atoms with Crippen molar-refractivity contribution in [1.29, 1.82) is 0 Å². The highest BCUT2D eigenvalue weighted by Gasteiger charge is 2.09. The zero-order valence-corrected chi connectivity index (χ0v) is 11.0. The Hall–Kier alpha value is -1.89. The Balaban J connectivity index is 0.00000162. The molecular formula is C11H11BrN4O2. The van der Waals surface area contributed by atoms with E-state index in [9.17, 15) is 4.79 Å². The monoisotopic (exact) mass is 310 g/mol. The smallest absolute Gasteiger partial charge is 0.309 e. The van der Waals surface area contributed by atoms with Crippen molar-refractivity contribution in [3.8, 4) is 11.3 Å². The fourth-order valence-electron chi connectivity index (χ4n) is 1.37. The molecule has 2 heterocycles. The fraction of sp³-hybridized carbons (Fsp3) is 0.182. The van der Waals surface area contributed by atoms with E-state index in [0.29, 0.717) is 6.54 Å². The third-order valence-corrected chi connectivity index (χ3v) is 2.17. The van der Waals surface area contributed by atoms with E-state index in [4.69, 9.17) is 5.11 Å². The Kier molecular flexibility index (Phi) is 5.31. The maximum absolute atomic E-state index is 10.5. The Labute approximate surface area is 114 Å². The van der Waals surface area contributed by atoms with Crippen molar-refractivity contribution in [2.45, 2.75) is 13.0 Å². The van der Waals surface area contributed by atoms with E-state index < -0.39 is 5.97 Å². The molecule has 0 amide bonds. The zero-order valence-electron chi connectivity index (χ0n) is 9.40. The second kappa shape index (κ2) is 6.75. The van der Waals surface area contributed by atoms with Gasteiger partial charge >= 0.3 is 5.97 Å². The first kappa shape index (κ1) is 14.2. The van der Waals surface area contributed by atoms with Crippen LogP contribution in [-0.4, -0.2) is 26.1 Å². The zero-order chi connectivity index (χ0) is 12.1. The van der Waals surface area contributed by atoms with Crippen molar-refractivity contribution in [2.75, 3.05) is 0 Å². The van der Waals surface area contributed by atoms with Crippen LogP contribution in [0.3, 0.4) is 0 Å². The van der Waals surface area contributed by atoms with Crippen LogP contribution in [0.2, 0.25) is 0 Å². The van der Waals surface area contributed by atoms with Gasteiger partial charge in [0.15, 0.2) is 6.54 Å². The van der Waals surface area contributed by atoms with Gasteiger partial charge in [0, 0.05) is 12.4 Å². The average Bonchev–Trinajstić information content (AvgIpc) is 2.38. The lowest BCUT2D eigenvalue weighted by Crippen LogP contribution is -3.00. The van der Waals surface area contributed by atoms with Crippen LogP contribution in [0.5, 0.6) is 0 Å². The van der Waals surface area contributed by atoms with E-state index >= 15 is 0 Å². The highest BCUT2D eigenvalue weighted by Crippen LogP contribution is 2.10. The SMILES string of the molecule is O=C(O)CC[n+]1cc(-c2cnccn2)ccn1.[Br-]. The molecule has 6 nitrogen and oxygen atoms in total. The van der Waals surface area contributed by atoms with Gasteiger partial charge in [-0.25, -0.2) is 0 Å². The molecule has 0 bridgehead atoms. The fourth-order valence-corrected chi connectivity index (χ4v) is 1.37. The molecular weight excluding hydrogens is 300 g/mol. The largest absolute Gasteiger partial charge is 1.00 e. The maximum Gasteiger partial charge on any atom is 0.309 e. The van der Waals surface area contributed by atoms with E-state index in [1.165, 1.54) is 0 Å². The summed E-state index contributed by atoms with van der Waals surface area (Å²) < 4.78 is 1.58. The van der Waals surface area contributed by atoms with Crippen molar-refractivity contribution in [3.63, 3.8) is 0 Å². The van der Waals surface area contributed by atoms with Crippen LogP contribution in [0.1, 0.15) is 6.42 Å². The summed E-state index contributed by atoms with van der Waals surface area (Å²) in [6.45, 7) is 0.337. The molecule has 0 aliphatic rings. The van der Waals surface area contributed by atoms with E-state index in [1.54, 1.807) is 41.7 Å². The molecule has 0 saturated heterocycles. The molecule has 0 aromatic carbocycles. The number of carboxylic acid groups (broad SMARTS) is 1. The number of halogens is 1. The van der Waals surface area contributed by atoms with Gasteiger partial charge in [-0.2, -0.15) is 0 Å². The molecule has 0 spiro atoms. The molecule has 0 unspecified atom stereocenters. The normalized spacial score (nSPS) is 9.56. The lowest BCUT2D eigenvalue weighted by Gasteiger charge is -1.97. The average molecular weight is 311 g/mol. The molecule has 0 aliphatic carbocycles. The van der Waals surface area contributed by atoms with E-state index in [0.717, 1.165) is 11.3 Å². The van der Waals surface area contributed by atoms with Gasteiger partial charge in [-0.1, -0.05) is 4.68 Å². The van der Waals surface area contributed by atoms with E-state index in [2.05, 4.69) is 15.1 Å². The summed E-state index contributed by atoms with van der Waals surface area (Å²) in [5.74, 6) is -0.843. The first-order valence-electron chi connectivity index (χ1n) is 5.09. The minimum atomic E-state index is -0.843. The second-order valence-electron chi connectivity index (χ2n) is 3.41. The summed E-state index contributed by atoms with van der Waals surface area (Å²) in [7, 11) is 0. The molecule has 0 radical (unpaired) electrons. The van der Waals surface area contributed by atoms with Crippen molar-refractivity contribution >= 4 is 5.97 Å². The van der Waals surface area contributed by atoms with Gasteiger partial charge in [0.1, 0.15) is 6.42 Å². The number of hydrogen-bond donors (Lipinski definition) is 1. The molecule has 2 rings (SSSR count). The maximum atomic E-state index is 10.5. The minimum absolute atomic E-state index is 0. The molecule has 0 aliphatic heterocycles. The summed E-state index contributed by atoms with van der Waals surface area (Å²) in [5.41, 5.74) is 1.59. The van der Waals surface area contributed by atoms with Crippen LogP contribution in [0.15, 0.2) is 37.1 Å². The lowest BCUT2D eigenvalue weighted by atomic mass is 10.2. The first-order chi connectivity index (χ1) is 8.25. The highest BCUT2D eigenvalue weighted by atomic mass is 79.9. The summed E-state index contributed by atoms with van der Waals surface area (Å²) >= 11 is 0. The van der Waals surface area contributed by atoms with Gasteiger partial charge in [0.05, 0.1) is 23.7 Å². The predicted molar refractivity (Wildman–Crippen MR) is 57.7 cm³/mol. The molecule has 2 aromatic rings. The van der Waals surface area contributed by atoms with E-state index in [-0.39, 0.29) is 23.4 Å². The van der Waals surface area contributed by atoms with Gasteiger partial charge in [-0.3, -0.25) is 14.8 Å². The Morgan fingerprint density at radius 2 is 2.17 bits per heavy atom. The third-order valence-electron chi connectivity index (χ3n) is 2.17. The van der Waals surface area contributed by atoms with Crippen molar-refractivity contribution in [3.05, 3.63) is 37.1 Å². The number of carboxylic acids is 1. The van der Waals surface area contributed by atoms with Gasteiger partial charge in [-0.05, 0) is 11.2 Å². The number of aliphatic carboxylic acids is 1. The summed E-state index contributed by atoms with van der Waals surface area (Å²) in [5, 5.41) is 12.6. The van der Waals surface area contributed by atoms with Crippen LogP contribution in [-0.2, 0) is 11.3 Å². The quantitative estimate of drug-likeness (QED) is 0.622. The van der Waals surface area contributed by atoms with Crippen LogP contribution in [0.4, 0.5) is 0 Å². The third kappa shape index (κ3) is 3.85. The molecule has 2 aromatic heterocycles. The van der Waals surface area contributed by atoms with Crippen LogP contribution in [0.25, 0.3) is 11.3 Å². The van der Waals surface area contributed by atoms with Crippen molar-refractivity contribution in [2.24, 2.45) is 0 Å². The molecule has 0 saturated carbocycles. The van der Waals surface area contributed by atoms with Gasteiger partial charge in [-0.15, -0.1) is 0 Å². The molecule has 7 heteroatoms. The minimum Gasteiger partial charge on any atom is -1.00 e. The number of nitrogens with zero attached hydrogens (tertiary/aromatic N) is 4. The summed E-state index contributed by atoms with van der Waals surface area (Å²) in [6, 6.07) is 1.81. The lowest BCUT2D eigenvalue weighted by molar-refractivity contribution is -0.752. The number of aromatic nitrogens is 4. The Morgan fingerprint density at radius 1 is 1.33 bits per heavy atom. The molecule has 1 N–H and O–H groups in total. The molecule has 0 atom stereocenters. The summed E-state index contributed by atoms with van der Waals surface area (Å²) in [4.78, 5) is 18.6. The first-order valence-corrected chi connectivity index (χ1v) is 5.09. The van der Waals surface area contributed by atoms with E-state index in [1.807, 2.05) is 0 Å². The van der Waals surface area contributed by atoms with Crippen LogP contribution in [0, 0.1) is 0 Å². The second-order valence-corrected chi connectivity index (χ2v) is 3.41. The molecule has 18 heavy (non-hydrogen) atoms. The van der Waals surface area contributed by atoms with Crippen molar-refractivity contribution in [1.82, 2.24) is 15.1 Å². The molecule has 0 fully saturated rings. The Bertz CT molecular complexity index is 521. The van der Waals surface area contributed by atoms with Crippen LogP contribution >= 0.6 is 0 Å². The Morgan fingerprint density at radius 3 is 2.83 bits per heavy atom. The molecule has 94 valence electrons. The number of aryl methyl sites for hydroxylation is 1. The van der Waals surface area contributed by atoms with Gasteiger partial charge in [0.25, 0.3) is 0 Å².